The minimum absolute atomic E-state index is 0.171. The van der Waals surface area contributed by atoms with Gasteiger partial charge in [-0.3, -0.25) is 14.4 Å². The Morgan fingerprint density at radius 2 is 1.76 bits per heavy atom. The molecule has 3 heterocycles. The molecule has 0 radical (unpaired) electrons. The summed E-state index contributed by atoms with van der Waals surface area (Å²) in [5, 5.41) is 29.2. The van der Waals surface area contributed by atoms with E-state index in [2.05, 4.69) is 42.1 Å². The summed E-state index contributed by atoms with van der Waals surface area (Å²) in [6.45, 7) is 8.22. The summed E-state index contributed by atoms with van der Waals surface area (Å²) < 4.78 is 1.90. The zero-order chi connectivity index (χ0) is 29.0. The van der Waals surface area contributed by atoms with Crippen LogP contribution in [0.2, 0.25) is 0 Å². The van der Waals surface area contributed by atoms with E-state index in [-0.39, 0.29) is 6.42 Å². The van der Waals surface area contributed by atoms with Gasteiger partial charge in [0.1, 0.15) is 11.5 Å². The van der Waals surface area contributed by atoms with Gasteiger partial charge in [0.2, 0.25) is 5.95 Å². The van der Waals surface area contributed by atoms with E-state index in [1.165, 1.54) is 32.1 Å². The molecule has 42 heavy (non-hydrogen) atoms. The summed E-state index contributed by atoms with van der Waals surface area (Å²) in [6, 6.07) is 8.80. The Morgan fingerprint density at radius 3 is 2.60 bits per heavy atom. The number of fused-ring (bicyclic) bond motifs is 1. The van der Waals surface area contributed by atoms with Crippen LogP contribution in [0.25, 0.3) is 10.9 Å². The largest absolute Gasteiger partial charge is 0.481 e. The number of nitrogens with zero attached hydrogens (tertiary/aromatic N) is 7. The number of aryl methyl sites for hydroxylation is 1. The lowest BCUT2D eigenvalue weighted by molar-refractivity contribution is -0.137. The van der Waals surface area contributed by atoms with Crippen molar-refractivity contribution in [2.45, 2.75) is 70.5 Å². The first-order valence-electron chi connectivity index (χ1n) is 15.7. The van der Waals surface area contributed by atoms with Gasteiger partial charge in [-0.05, 0) is 57.5 Å². The second kappa shape index (κ2) is 15.8. The van der Waals surface area contributed by atoms with Gasteiger partial charge in [0.25, 0.3) is 0 Å². The summed E-state index contributed by atoms with van der Waals surface area (Å²) in [7, 11) is 0. The standard InChI is InChI=1S/C30H46N10O2/c41-28(42)12-17-38-18-20-39(21-19-38)29-26-10-4-5-11-27(26)34-30(35-29)33-22-25-23-40(37-36-25)16-7-14-31-13-6-15-32-24-8-2-1-3-9-24/h4-5,10-11,23-24,31-32H,1-3,6-9,12-22H2,(H,41,42)(H,33,34,35). The number of benzene rings is 1. The van der Waals surface area contributed by atoms with Gasteiger partial charge in [0, 0.05) is 50.7 Å². The molecular weight excluding hydrogens is 532 g/mol. The molecule has 1 aromatic carbocycles. The molecule has 0 spiro atoms. The number of para-hydroxylation sites is 1. The van der Waals surface area contributed by atoms with E-state index in [1.807, 2.05) is 29.1 Å². The number of hydrogen-bond acceptors (Lipinski definition) is 10. The number of rotatable bonds is 16. The van der Waals surface area contributed by atoms with E-state index in [9.17, 15) is 4.79 Å². The molecule has 2 aromatic heterocycles. The van der Waals surface area contributed by atoms with Crippen LogP contribution in [0.5, 0.6) is 0 Å². The van der Waals surface area contributed by atoms with Gasteiger partial charge in [-0.25, -0.2) is 4.98 Å². The predicted molar refractivity (Wildman–Crippen MR) is 165 cm³/mol. The Labute approximate surface area is 248 Å². The fourth-order valence-corrected chi connectivity index (χ4v) is 5.83. The molecule has 1 saturated carbocycles. The maximum Gasteiger partial charge on any atom is 0.304 e. The molecule has 1 aliphatic carbocycles. The first-order chi connectivity index (χ1) is 20.6. The SMILES string of the molecule is O=C(O)CCN1CCN(c2nc(NCc3cn(CCCNCCCNC4CCCCC4)nn3)nc3ccccc23)CC1. The highest BCUT2D eigenvalue weighted by molar-refractivity contribution is 5.90. The van der Waals surface area contributed by atoms with Crippen molar-refractivity contribution >= 4 is 28.6 Å². The smallest absolute Gasteiger partial charge is 0.304 e. The monoisotopic (exact) mass is 578 g/mol. The number of hydrogen-bond donors (Lipinski definition) is 4. The Bertz CT molecular complexity index is 1250. The maximum absolute atomic E-state index is 10.9. The van der Waals surface area contributed by atoms with Crippen molar-refractivity contribution in [1.82, 2.24) is 40.5 Å². The number of piperazine rings is 1. The average molecular weight is 579 g/mol. The van der Waals surface area contributed by atoms with Gasteiger partial charge in [0.05, 0.1) is 24.7 Å². The third-order valence-electron chi connectivity index (χ3n) is 8.22. The number of carbonyl (C=O) groups is 1. The molecule has 2 fully saturated rings. The van der Waals surface area contributed by atoms with E-state index >= 15 is 0 Å². The molecule has 0 amide bonds. The van der Waals surface area contributed by atoms with Crippen LogP contribution in [0.4, 0.5) is 11.8 Å². The molecular formula is C30H46N10O2. The van der Waals surface area contributed by atoms with Gasteiger partial charge in [0.15, 0.2) is 0 Å². The molecule has 2 aliphatic rings. The van der Waals surface area contributed by atoms with Gasteiger partial charge in [-0.15, -0.1) is 5.10 Å². The van der Waals surface area contributed by atoms with Crippen molar-refractivity contribution in [1.29, 1.82) is 0 Å². The van der Waals surface area contributed by atoms with Crippen molar-refractivity contribution in [2.75, 3.05) is 62.6 Å². The first-order valence-corrected chi connectivity index (χ1v) is 15.7. The number of carboxylic acid groups (broad SMARTS) is 1. The summed E-state index contributed by atoms with van der Waals surface area (Å²) in [4.78, 5) is 25.0. The van der Waals surface area contributed by atoms with Gasteiger partial charge in [-0.1, -0.05) is 36.6 Å². The van der Waals surface area contributed by atoms with E-state index in [4.69, 9.17) is 15.1 Å². The van der Waals surface area contributed by atoms with Gasteiger partial charge < -0.3 is 26.0 Å². The Morgan fingerprint density at radius 1 is 0.952 bits per heavy atom. The number of nitrogens with one attached hydrogen (secondary N) is 3. The lowest BCUT2D eigenvalue weighted by Crippen LogP contribution is -2.47. The predicted octanol–water partition coefficient (Wildman–Crippen LogP) is 2.72. The van der Waals surface area contributed by atoms with E-state index in [0.717, 1.165) is 93.7 Å². The molecule has 5 rings (SSSR count). The molecule has 4 N–H and O–H groups in total. The molecule has 0 atom stereocenters. The average Bonchev–Trinajstić information content (AvgIpc) is 3.48. The summed E-state index contributed by atoms with van der Waals surface area (Å²) in [6.07, 6.45) is 11.2. The van der Waals surface area contributed by atoms with Crippen molar-refractivity contribution in [3.05, 3.63) is 36.2 Å². The van der Waals surface area contributed by atoms with Gasteiger partial charge >= 0.3 is 5.97 Å². The lowest BCUT2D eigenvalue weighted by atomic mass is 9.95. The van der Waals surface area contributed by atoms with Crippen LogP contribution in [0.15, 0.2) is 30.5 Å². The third-order valence-corrected chi connectivity index (χ3v) is 8.22. The van der Waals surface area contributed by atoms with Crippen LogP contribution >= 0.6 is 0 Å². The maximum atomic E-state index is 10.9. The molecule has 12 nitrogen and oxygen atoms in total. The summed E-state index contributed by atoms with van der Waals surface area (Å²) in [5.41, 5.74) is 1.74. The number of carboxylic acids is 1. The van der Waals surface area contributed by atoms with Crippen LogP contribution in [0.3, 0.4) is 0 Å². The first kappa shape index (κ1) is 30.1. The van der Waals surface area contributed by atoms with Crippen LogP contribution in [0.1, 0.15) is 57.1 Å². The quantitative estimate of drug-likeness (QED) is 0.187. The normalized spacial score (nSPS) is 16.7. The third kappa shape index (κ3) is 9.07. The highest BCUT2D eigenvalue weighted by atomic mass is 16.4. The van der Waals surface area contributed by atoms with Crippen LogP contribution in [-0.2, 0) is 17.9 Å². The lowest BCUT2D eigenvalue weighted by Gasteiger charge is -2.35. The molecule has 0 unspecified atom stereocenters. The van der Waals surface area contributed by atoms with Crippen molar-refractivity contribution in [3.63, 3.8) is 0 Å². The molecule has 228 valence electrons. The van der Waals surface area contributed by atoms with Crippen LogP contribution in [-0.4, -0.2) is 99.3 Å². The molecule has 3 aromatic rings. The molecule has 1 saturated heterocycles. The topological polar surface area (TPSA) is 136 Å². The number of anilines is 2. The zero-order valence-corrected chi connectivity index (χ0v) is 24.7. The minimum Gasteiger partial charge on any atom is -0.481 e. The summed E-state index contributed by atoms with van der Waals surface area (Å²) in [5.74, 6) is 0.714. The summed E-state index contributed by atoms with van der Waals surface area (Å²) >= 11 is 0. The molecule has 1 aliphatic heterocycles. The highest BCUT2D eigenvalue weighted by Gasteiger charge is 2.21. The van der Waals surface area contributed by atoms with E-state index < -0.39 is 5.97 Å². The number of aromatic nitrogens is 5. The van der Waals surface area contributed by atoms with Crippen LogP contribution in [0, 0.1) is 0 Å². The fraction of sp³-hybridized carbons (Fsp3) is 0.633. The van der Waals surface area contributed by atoms with Gasteiger partial charge in [-0.2, -0.15) is 4.98 Å². The minimum atomic E-state index is -0.754. The molecule has 0 bridgehead atoms. The fourth-order valence-electron chi connectivity index (χ4n) is 5.83. The highest BCUT2D eigenvalue weighted by Crippen LogP contribution is 2.26. The van der Waals surface area contributed by atoms with Crippen molar-refractivity contribution in [2.24, 2.45) is 0 Å². The van der Waals surface area contributed by atoms with E-state index in [0.29, 0.717) is 19.0 Å². The zero-order valence-electron chi connectivity index (χ0n) is 24.7. The number of aliphatic carboxylic acids is 1. The second-order valence-electron chi connectivity index (χ2n) is 11.4. The van der Waals surface area contributed by atoms with Crippen molar-refractivity contribution < 1.29 is 9.90 Å². The molecule has 12 heteroatoms. The van der Waals surface area contributed by atoms with Crippen molar-refractivity contribution in [3.8, 4) is 0 Å². The Kier molecular flexibility index (Phi) is 11.3. The Balaban J connectivity index is 1.05. The second-order valence-corrected chi connectivity index (χ2v) is 11.4. The Hall–Kier alpha value is -3.35. The van der Waals surface area contributed by atoms with E-state index in [1.54, 1.807) is 0 Å². The van der Waals surface area contributed by atoms with Crippen LogP contribution < -0.4 is 20.9 Å².